The minimum atomic E-state index is -0.268. The van der Waals surface area contributed by atoms with Crippen molar-refractivity contribution in [3.8, 4) is 5.75 Å². The van der Waals surface area contributed by atoms with Crippen molar-refractivity contribution >= 4 is 17.5 Å². The van der Waals surface area contributed by atoms with Gasteiger partial charge < -0.3 is 19.3 Å². The van der Waals surface area contributed by atoms with Crippen molar-refractivity contribution < 1.29 is 19.1 Å². The summed E-state index contributed by atoms with van der Waals surface area (Å²) in [6, 6.07) is 7.36. The SMILES string of the molecule is CCC1CN(C(=O)C2CC(=O)N(c3ccc(OC)cc3)C2)CCO1. The van der Waals surface area contributed by atoms with Gasteiger partial charge in [-0.25, -0.2) is 0 Å². The molecule has 6 nitrogen and oxygen atoms in total. The lowest BCUT2D eigenvalue weighted by molar-refractivity contribution is -0.143. The van der Waals surface area contributed by atoms with Crippen LogP contribution in [0.4, 0.5) is 5.69 Å². The van der Waals surface area contributed by atoms with Crippen molar-refractivity contribution in [2.45, 2.75) is 25.9 Å². The van der Waals surface area contributed by atoms with Gasteiger partial charge in [0.05, 0.1) is 25.7 Å². The van der Waals surface area contributed by atoms with Gasteiger partial charge in [0.1, 0.15) is 5.75 Å². The van der Waals surface area contributed by atoms with Gasteiger partial charge in [0.25, 0.3) is 0 Å². The van der Waals surface area contributed by atoms with E-state index in [1.165, 1.54) is 0 Å². The van der Waals surface area contributed by atoms with Crippen LogP contribution in [0.3, 0.4) is 0 Å². The van der Waals surface area contributed by atoms with Gasteiger partial charge in [0, 0.05) is 31.7 Å². The molecule has 6 heteroatoms. The lowest BCUT2D eigenvalue weighted by Gasteiger charge is -2.34. The number of morpholine rings is 1. The Labute approximate surface area is 142 Å². The Kier molecular flexibility index (Phi) is 5.04. The molecular weight excluding hydrogens is 308 g/mol. The molecule has 2 aliphatic rings. The first-order chi connectivity index (χ1) is 11.6. The first-order valence-corrected chi connectivity index (χ1v) is 8.47. The van der Waals surface area contributed by atoms with Crippen LogP contribution >= 0.6 is 0 Å². The van der Waals surface area contributed by atoms with Gasteiger partial charge in [-0.15, -0.1) is 0 Å². The molecule has 2 atom stereocenters. The van der Waals surface area contributed by atoms with Crippen molar-refractivity contribution in [2.24, 2.45) is 5.92 Å². The third-order valence-electron chi connectivity index (χ3n) is 4.76. The van der Waals surface area contributed by atoms with Crippen LogP contribution in [-0.2, 0) is 14.3 Å². The molecule has 1 aromatic rings. The van der Waals surface area contributed by atoms with Crippen LogP contribution in [0.15, 0.2) is 24.3 Å². The summed E-state index contributed by atoms with van der Waals surface area (Å²) in [5.41, 5.74) is 0.810. The fourth-order valence-corrected chi connectivity index (χ4v) is 3.31. The number of hydrogen-bond acceptors (Lipinski definition) is 4. The highest BCUT2D eigenvalue weighted by molar-refractivity contribution is 6.00. The van der Waals surface area contributed by atoms with E-state index in [2.05, 4.69) is 6.92 Å². The van der Waals surface area contributed by atoms with Crippen LogP contribution in [0.2, 0.25) is 0 Å². The maximum Gasteiger partial charge on any atom is 0.228 e. The lowest BCUT2D eigenvalue weighted by Crippen LogP contribution is -2.48. The zero-order chi connectivity index (χ0) is 17.1. The van der Waals surface area contributed by atoms with Crippen molar-refractivity contribution in [3.05, 3.63) is 24.3 Å². The van der Waals surface area contributed by atoms with Crippen molar-refractivity contribution in [1.82, 2.24) is 4.90 Å². The second kappa shape index (κ2) is 7.21. The third kappa shape index (κ3) is 3.38. The smallest absolute Gasteiger partial charge is 0.228 e. The van der Waals surface area contributed by atoms with E-state index in [-0.39, 0.29) is 30.3 Å². The predicted molar refractivity (Wildman–Crippen MR) is 90.1 cm³/mol. The average Bonchev–Trinajstić information content (AvgIpc) is 3.03. The quantitative estimate of drug-likeness (QED) is 0.842. The van der Waals surface area contributed by atoms with Crippen LogP contribution in [0.1, 0.15) is 19.8 Å². The standard InChI is InChI=1S/C18H24N2O4/c1-3-15-12-19(8-9-24-15)18(22)13-10-17(21)20(11-13)14-4-6-16(23-2)7-5-14/h4-7,13,15H,3,8-12H2,1-2H3. The molecule has 3 rings (SSSR count). The fourth-order valence-electron chi connectivity index (χ4n) is 3.31. The Bertz CT molecular complexity index is 602. The molecule has 1 aromatic carbocycles. The molecule has 2 aliphatic heterocycles. The van der Waals surface area contributed by atoms with Crippen LogP contribution in [0.5, 0.6) is 5.75 Å². The van der Waals surface area contributed by atoms with Gasteiger partial charge in [-0.2, -0.15) is 0 Å². The number of benzene rings is 1. The highest BCUT2D eigenvalue weighted by Crippen LogP contribution is 2.28. The van der Waals surface area contributed by atoms with Gasteiger partial charge in [-0.1, -0.05) is 6.92 Å². The summed E-state index contributed by atoms with van der Waals surface area (Å²) in [7, 11) is 1.61. The van der Waals surface area contributed by atoms with Crippen LogP contribution in [-0.4, -0.2) is 56.2 Å². The Balaban J connectivity index is 1.66. The molecule has 2 saturated heterocycles. The molecule has 24 heavy (non-hydrogen) atoms. The Morgan fingerprint density at radius 1 is 1.29 bits per heavy atom. The first-order valence-electron chi connectivity index (χ1n) is 8.47. The highest BCUT2D eigenvalue weighted by atomic mass is 16.5. The lowest BCUT2D eigenvalue weighted by atomic mass is 10.1. The van der Waals surface area contributed by atoms with E-state index < -0.39 is 0 Å². The number of nitrogens with zero attached hydrogens (tertiary/aromatic N) is 2. The van der Waals surface area contributed by atoms with Crippen molar-refractivity contribution in [3.63, 3.8) is 0 Å². The van der Waals surface area contributed by atoms with Crippen molar-refractivity contribution in [2.75, 3.05) is 38.3 Å². The van der Waals surface area contributed by atoms with Crippen molar-refractivity contribution in [1.29, 1.82) is 0 Å². The monoisotopic (exact) mass is 332 g/mol. The zero-order valence-electron chi connectivity index (χ0n) is 14.2. The average molecular weight is 332 g/mol. The topological polar surface area (TPSA) is 59.1 Å². The Hall–Kier alpha value is -2.08. The summed E-state index contributed by atoms with van der Waals surface area (Å²) in [4.78, 5) is 28.7. The number of anilines is 1. The molecule has 2 amide bonds. The van der Waals surface area contributed by atoms with Crippen LogP contribution in [0.25, 0.3) is 0 Å². The number of amides is 2. The van der Waals surface area contributed by atoms with E-state index in [9.17, 15) is 9.59 Å². The van der Waals surface area contributed by atoms with E-state index in [1.807, 2.05) is 29.2 Å². The number of methoxy groups -OCH3 is 1. The number of carbonyl (C=O) groups is 2. The van der Waals surface area contributed by atoms with E-state index >= 15 is 0 Å². The zero-order valence-corrected chi connectivity index (χ0v) is 14.2. The van der Waals surface area contributed by atoms with E-state index in [4.69, 9.17) is 9.47 Å². The summed E-state index contributed by atoms with van der Waals surface area (Å²) in [6.45, 7) is 4.32. The maximum atomic E-state index is 12.8. The molecular formula is C18H24N2O4. The number of hydrogen-bond donors (Lipinski definition) is 0. The predicted octanol–water partition coefficient (Wildman–Crippen LogP) is 1.69. The molecule has 0 spiro atoms. The maximum absolute atomic E-state index is 12.8. The van der Waals surface area contributed by atoms with Gasteiger partial charge in [-0.3, -0.25) is 9.59 Å². The molecule has 0 N–H and O–H groups in total. The molecule has 130 valence electrons. The summed E-state index contributed by atoms with van der Waals surface area (Å²) < 4.78 is 10.8. The fraction of sp³-hybridized carbons (Fsp3) is 0.556. The minimum absolute atomic E-state index is 0.00109. The normalized spacial score (nSPS) is 24.3. The Morgan fingerprint density at radius 2 is 2.04 bits per heavy atom. The van der Waals surface area contributed by atoms with Gasteiger partial charge in [-0.05, 0) is 30.7 Å². The molecule has 0 saturated carbocycles. The molecule has 2 heterocycles. The number of rotatable bonds is 4. The van der Waals surface area contributed by atoms with Gasteiger partial charge in [0.2, 0.25) is 11.8 Å². The first kappa shape index (κ1) is 16.8. The molecule has 0 radical (unpaired) electrons. The molecule has 0 bridgehead atoms. The van der Waals surface area contributed by atoms with E-state index in [0.717, 1.165) is 17.9 Å². The third-order valence-corrected chi connectivity index (χ3v) is 4.76. The number of carbonyl (C=O) groups excluding carboxylic acids is 2. The second-order valence-electron chi connectivity index (χ2n) is 6.29. The summed E-state index contributed by atoms with van der Waals surface area (Å²) >= 11 is 0. The van der Waals surface area contributed by atoms with Gasteiger partial charge >= 0.3 is 0 Å². The molecule has 0 aromatic heterocycles. The minimum Gasteiger partial charge on any atom is -0.497 e. The molecule has 2 fully saturated rings. The van der Waals surface area contributed by atoms with E-state index in [1.54, 1.807) is 12.0 Å². The Morgan fingerprint density at radius 3 is 2.71 bits per heavy atom. The summed E-state index contributed by atoms with van der Waals surface area (Å²) in [5, 5.41) is 0. The molecule has 2 unspecified atom stereocenters. The van der Waals surface area contributed by atoms with Gasteiger partial charge in [0.15, 0.2) is 0 Å². The summed E-state index contributed by atoms with van der Waals surface area (Å²) in [6.07, 6.45) is 1.28. The van der Waals surface area contributed by atoms with E-state index in [0.29, 0.717) is 26.2 Å². The number of ether oxygens (including phenoxy) is 2. The summed E-state index contributed by atoms with van der Waals surface area (Å²) in [5.74, 6) is 0.548. The molecule has 0 aliphatic carbocycles. The highest BCUT2D eigenvalue weighted by Gasteiger charge is 2.38. The largest absolute Gasteiger partial charge is 0.497 e. The van der Waals surface area contributed by atoms with Crippen LogP contribution < -0.4 is 9.64 Å². The second-order valence-corrected chi connectivity index (χ2v) is 6.29. The van der Waals surface area contributed by atoms with Crippen LogP contribution in [0, 0.1) is 5.92 Å².